The SMILES string of the molecule is O=C(CBr)c1cc(I)c(O)c(I)c1. The second kappa shape index (κ2) is 4.92. The summed E-state index contributed by atoms with van der Waals surface area (Å²) in [6, 6.07) is 3.36. The molecule has 0 aliphatic rings. The van der Waals surface area contributed by atoms with E-state index in [1.54, 1.807) is 12.1 Å². The highest BCUT2D eigenvalue weighted by Gasteiger charge is 2.10. The Morgan fingerprint density at radius 2 is 1.85 bits per heavy atom. The van der Waals surface area contributed by atoms with E-state index in [0.717, 1.165) is 0 Å². The highest BCUT2D eigenvalue weighted by molar-refractivity contribution is 14.1. The number of halogens is 3. The van der Waals surface area contributed by atoms with Crippen molar-refractivity contribution in [3.05, 3.63) is 24.8 Å². The molecule has 0 amide bonds. The molecule has 1 rings (SSSR count). The molecule has 0 saturated carbocycles. The summed E-state index contributed by atoms with van der Waals surface area (Å²) in [7, 11) is 0. The molecule has 0 bridgehead atoms. The van der Waals surface area contributed by atoms with Gasteiger partial charge in [-0.1, -0.05) is 15.9 Å². The van der Waals surface area contributed by atoms with E-state index in [-0.39, 0.29) is 11.5 Å². The van der Waals surface area contributed by atoms with Gasteiger partial charge in [-0.3, -0.25) is 4.79 Å². The number of phenols is 1. The Balaban J connectivity index is 3.20. The molecule has 1 N–H and O–H groups in total. The first-order valence-corrected chi connectivity index (χ1v) is 6.61. The van der Waals surface area contributed by atoms with Gasteiger partial charge >= 0.3 is 0 Å². The quantitative estimate of drug-likeness (QED) is 0.413. The van der Waals surface area contributed by atoms with Crippen LogP contribution in [0.3, 0.4) is 0 Å². The molecule has 0 fully saturated rings. The number of benzene rings is 1. The Labute approximate surface area is 112 Å². The molecule has 0 heterocycles. The lowest BCUT2D eigenvalue weighted by Crippen LogP contribution is -2.01. The van der Waals surface area contributed by atoms with Crippen LogP contribution in [0.1, 0.15) is 10.4 Å². The summed E-state index contributed by atoms with van der Waals surface area (Å²) in [5, 5.41) is 9.76. The number of Topliss-reactive ketones (excluding diaryl/α,β-unsaturated/α-hetero) is 1. The summed E-state index contributed by atoms with van der Waals surface area (Å²) < 4.78 is 1.41. The highest BCUT2D eigenvalue weighted by Crippen LogP contribution is 2.27. The third kappa shape index (κ3) is 2.79. The highest BCUT2D eigenvalue weighted by atomic mass is 127. The van der Waals surface area contributed by atoms with Crippen molar-refractivity contribution in [3.63, 3.8) is 0 Å². The number of rotatable bonds is 2. The second-order valence-electron chi connectivity index (χ2n) is 2.35. The molecule has 70 valence electrons. The van der Waals surface area contributed by atoms with Crippen LogP contribution in [0.4, 0.5) is 0 Å². The minimum atomic E-state index is 0.0239. The fraction of sp³-hybridized carbons (Fsp3) is 0.125. The van der Waals surface area contributed by atoms with Gasteiger partial charge in [0, 0.05) is 5.56 Å². The maximum atomic E-state index is 11.3. The van der Waals surface area contributed by atoms with Gasteiger partial charge < -0.3 is 5.11 Å². The molecule has 0 aromatic heterocycles. The minimum Gasteiger partial charge on any atom is -0.506 e. The number of alkyl halides is 1. The number of ketones is 1. The molecule has 0 aliphatic carbocycles. The zero-order chi connectivity index (χ0) is 10.0. The van der Waals surface area contributed by atoms with E-state index in [1.165, 1.54) is 0 Å². The number of hydrogen-bond donors (Lipinski definition) is 1. The van der Waals surface area contributed by atoms with Gasteiger partial charge in [0.05, 0.1) is 12.5 Å². The van der Waals surface area contributed by atoms with Crippen LogP contribution in [0.5, 0.6) is 5.75 Å². The van der Waals surface area contributed by atoms with Gasteiger partial charge in [-0.2, -0.15) is 0 Å². The molecule has 0 atom stereocenters. The van der Waals surface area contributed by atoms with Crippen molar-refractivity contribution < 1.29 is 9.90 Å². The molecular formula is C8H5BrI2O2. The Kier molecular flexibility index (Phi) is 4.43. The molecule has 0 saturated heterocycles. The van der Waals surface area contributed by atoms with Crippen molar-refractivity contribution in [1.29, 1.82) is 0 Å². The second-order valence-corrected chi connectivity index (χ2v) is 5.23. The van der Waals surface area contributed by atoms with Gasteiger partial charge in [-0.15, -0.1) is 0 Å². The third-order valence-corrected chi connectivity index (χ3v) is 3.61. The fourth-order valence-corrected chi connectivity index (χ4v) is 2.90. The first-order chi connectivity index (χ1) is 6.06. The summed E-state index contributed by atoms with van der Waals surface area (Å²) in [6.45, 7) is 0. The monoisotopic (exact) mass is 466 g/mol. The topological polar surface area (TPSA) is 37.3 Å². The maximum absolute atomic E-state index is 11.3. The Morgan fingerprint density at radius 3 is 2.23 bits per heavy atom. The molecule has 1 aromatic rings. The lowest BCUT2D eigenvalue weighted by atomic mass is 10.1. The van der Waals surface area contributed by atoms with E-state index >= 15 is 0 Å². The van der Waals surface area contributed by atoms with Gasteiger partial charge in [0.15, 0.2) is 5.78 Å². The first kappa shape index (κ1) is 11.7. The molecule has 1 aromatic carbocycles. The van der Waals surface area contributed by atoms with E-state index in [4.69, 9.17) is 0 Å². The zero-order valence-electron chi connectivity index (χ0n) is 6.35. The molecular weight excluding hydrogens is 462 g/mol. The summed E-state index contributed by atoms with van der Waals surface area (Å²) in [4.78, 5) is 11.3. The number of phenolic OH excluding ortho intramolecular Hbond substituents is 1. The largest absolute Gasteiger partial charge is 0.506 e. The van der Waals surface area contributed by atoms with Crippen LogP contribution in [-0.2, 0) is 0 Å². The van der Waals surface area contributed by atoms with Crippen molar-refractivity contribution >= 4 is 66.9 Å². The van der Waals surface area contributed by atoms with E-state index in [2.05, 4.69) is 15.9 Å². The fourth-order valence-electron chi connectivity index (χ4n) is 0.804. The lowest BCUT2D eigenvalue weighted by Gasteiger charge is -2.03. The van der Waals surface area contributed by atoms with Crippen LogP contribution in [0.15, 0.2) is 12.1 Å². The smallest absolute Gasteiger partial charge is 0.173 e. The van der Waals surface area contributed by atoms with E-state index in [9.17, 15) is 9.90 Å². The van der Waals surface area contributed by atoms with E-state index in [1.807, 2.05) is 45.2 Å². The molecule has 5 heteroatoms. The van der Waals surface area contributed by atoms with Gasteiger partial charge in [0.25, 0.3) is 0 Å². The van der Waals surface area contributed by atoms with Gasteiger partial charge in [0.1, 0.15) is 5.75 Å². The summed E-state index contributed by atoms with van der Waals surface area (Å²) in [5.74, 6) is 0.267. The van der Waals surface area contributed by atoms with E-state index in [0.29, 0.717) is 18.0 Å². The van der Waals surface area contributed by atoms with Crippen LogP contribution in [0.25, 0.3) is 0 Å². The van der Waals surface area contributed by atoms with Gasteiger partial charge in [-0.05, 0) is 57.3 Å². The molecule has 2 nitrogen and oxygen atoms in total. The van der Waals surface area contributed by atoms with Crippen molar-refractivity contribution in [2.75, 3.05) is 5.33 Å². The summed E-state index contributed by atoms with van der Waals surface area (Å²) in [5.41, 5.74) is 0.628. The standard InChI is InChI=1S/C8H5BrI2O2/c9-3-7(12)4-1-5(10)8(13)6(11)2-4/h1-2,13H,3H2. The molecule has 0 aliphatic heterocycles. The molecule has 0 unspecified atom stereocenters. The van der Waals surface area contributed by atoms with Crippen molar-refractivity contribution in [3.8, 4) is 5.75 Å². The molecule has 0 radical (unpaired) electrons. The Bertz CT molecular complexity index is 329. The number of hydrogen-bond acceptors (Lipinski definition) is 2. The van der Waals surface area contributed by atoms with Crippen LogP contribution in [0.2, 0.25) is 0 Å². The molecule has 13 heavy (non-hydrogen) atoms. The van der Waals surface area contributed by atoms with Crippen LogP contribution in [-0.4, -0.2) is 16.2 Å². The average molecular weight is 467 g/mol. The van der Waals surface area contributed by atoms with Crippen LogP contribution in [0, 0.1) is 7.14 Å². The maximum Gasteiger partial charge on any atom is 0.173 e. The van der Waals surface area contributed by atoms with Crippen LogP contribution < -0.4 is 0 Å². The Morgan fingerprint density at radius 1 is 1.38 bits per heavy atom. The van der Waals surface area contributed by atoms with Crippen molar-refractivity contribution in [2.45, 2.75) is 0 Å². The Hall–Kier alpha value is 0.630. The number of aromatic hydroxyl groups is 1. The van der Waals surface area contributed by atoms with Crippen LogP contribution >= 0.6 is 61.1 Å². The zero-order valence-corrected chi connectivity index (χ0v) is 12.3. The lowest BCUT2D eigenvalue weighted by molar-refractivity contribution is 0.102. The van der Waals surface area contributed by atoms with Crippen molar-refractivity contribution in [1.82, 2.24) is 0 Å². The van der Waals surface area contributed by atoms with Gasteiger partial charge in [-0.25, -0.2) is 0 Å². The minimum absolute atomic E-state index is 0.0239. The third-order valence-electron chi connectivity index (χ3n) is 1.46. The van der Waals surface area contributed by atoms with Crippen molar-refractivity contribution in [2.24, 2.45) is 0 Å². The number of carbonyl (C=O) groups excluding carboxylic acids is 1. The van der Waals surface area contributed by atoms with Gasteiger partial charge in [0.2, 0.25) is 0 Å². The summed E-state index contributed by atoms with van der Waals surface area (Å²) >= 11 is 7.11. The predicted molar refractivity (Wildman–Crippen MR) is 71.7 cm³/mol. The normalized spacial score (nSPS) is 10.1. The average Bonchev–Trinajstić information content (AvgIpc) is 2.12. The summed E-state index contributed by atoms with van der Waals surface area (Å²) in [6.07, 6.45) is 0. The van der Waals surface area contributed by atoms with E-state index < -0.39 is 0 Å². The predicted octanol–water partition coefficient (Wildman–Crippen LogP) is 3.18. The molecule has 0 spiro atoms. The number of carbonyl (C=O) groups is 1. The first-order valence-electron chi connectivity index (χ1n) is 3.33.